The Hall–Kier alpha value is -1.84. The first-order valence-corrected chi connectivity index (χ1v) is 12.7. The molecular formula is C22H25Cl2N3O4S. The topological polar surface area (TPSA) is 73.7 Å². The van der Waals surface area contributed by atoms with E-state index in [0.717, 1.165) is 24.9 Å². The van der Waals surface area contributed by atoms with E-state index in [0.29, 0.717) is 53.4 Å². The van der Waals surface area contributed by atoms with E-state index in [1.54, 1.807) is 30.3 Å². The quantitative estimate of drug-likeness (QED) is 0.449. The molecule has 0 radical (unpaired) electrons. The molecule has 0 atom stereocenters. The van der Waals surface area contributed by atoms with Crippen molar-refractivity contribution >= 4 is 44.3 Å². The van der Waals surface area contributed by atoms with E-state index in [-0.39, 0.29) is 11.5 Å². The van der Waals surface area contributed by atoms with E-state index in [1.165, 1.54) is 4.31 Å². The van der Waals surface area contributed by atoms with Crippen LogP contribution in [0.5, 0.6) is 5.75 Å². The van der Waals surface area contributed by atoms with Crippen molar-refractivity contribution in [3.05, 3.63) is 52.3 Å². The molecular weight excluding hydrogens is 473 g/mol. The van der Waals surface area contributed by atoms with Crippen LogP contribution in [0.1, 0.15) is 25.6 Å². The summed E-state index contributed by atoms with van der Waals surface area (Å²) in [6.45, 7) is 4.60. The van der Waals surface area contributed by atoms with Gasteiger partial charge >= 0.3 is 0 Å². The fourth-order valence-corrected chi connectivity index (χ4v) is 5.56. The lowest BCUT2D eigenvalue weighted by Crippen LogP contribution is -2.40. The number of halogens is 2. The minimum absolute atomic E-state index is 0.200. The number of ether oxygens (including phenoxy) is 2. The van der Waals surface area contributed by atoms with Crippen LogP contribution in [0.15, 0.2) is 41.3 Å². The van der Waals surface area contributed by atoms with Crippen molar-refractivity contribution in [1.29, 1.82) is 0 Å². The summed E-state index contributed by atoms with van der Waals surface area (Å²) >= 11 is 12.2. The molecule has 0 unspecified atom stereocenters. The lowest BCUT2D eigenvalue weighted by molar-refractivity contribution is 0.0730. The molecule has 0 N–H and O–H groups in total. The van der Waals surface area contributed by atoms with Crippen LogP contribution >= 0.6 is 23.2 Å². The summed E-state index contributed by atoms with van der Waals surface area (Å²) in [7, 11) is -3.60. The van der Waals surface area contributed by atoms with Gasteiger partial charge in [-0.2, -0.15) is 4.31 Å². The van der Waals surface area contributed by atoms with Gasteiger partial charge in [0.1, 0.15) is 18.2 Å². The number of benzene rings is 2. The van der Waals surface area contributed by atoms with Gasteiger partial charge in [0.2, 0.25) is 10.0 Å². The van der Waals surface area contributed by atoms with Crippen molar-refractivity contribution in [3.63, 3.8) is 0 Å². The molecule has 1 fully saturated rings. The summed E-state index contributed by atoms with van der Waals surface area (Å²) in [6.07, 6.45) is 1.99. The summed E-state index contributed by atoms with van der Waals surface area (Å²) in [5.41, 5.74) is 1.50. The zero-order valence-electron chi connectivity index (χ0n) is 17.8. The van der Waals surface area contributed by atoms with Crippen LogP contribution in [0.3, 0.4) is 0 Å². The van der Waals surface area contributed by atoms with Crippen LogP contribution in [0.2, 0.25) is 10.0 Å². The number of aryl methyl sites for hydroxylation is 1. The number of imidazole rings is 1. The Kier molecular flexibility index (Phi) is 7.27. The first-order valence-electron chi connectivity index (χ1n) is 10.5. The van der Waals surface area contributed by atoms with Gasteiger partial charge < -0.3 is 14.0 Å². The first-order chi connectivity index (χ1) is 15.4. The first kappa shape index (κ1) is 23.3. The minimum atomic E-state index is -3.60. The third-order valence-corrected chi connectivity index (χ3v) is 7.82. The number of fused-ring (bicyclic) bond motifs is 1. The Bertz CT molecular complexity index is 1210. The molecule has 1 aliphatic heterocycles. The van der Waals surface area contributed by atoms with Crippen molar-refractivity contribution in [3.8, 4) is 5.75 Å². The van der Waals surface area contributed by atoms with E-state index < -0.39 is 10.0 Å². The second-order valence-corrected chi connectivity index (χ2v) is 10.3. The summed E-state index contributed by atoms with van der Waals surface area (Å²) < 4.78 is 40.8. The number of sulfonamides is 1. The number of aromatic nitrogens is 2. The zero-order valence-corrected chi connectivity index (χ0v) is 20.1. The monoisotopic (exact) mass is 497 g/mol. The number of morpholine rings is 1. The lowest BCUT2D eigenvalue weighted by Gasteiger charge is -2.26. The molecule has 0 spiro atoms. The smallest absolute Gasteiger partial charge is 0.243 e. The molecule has 172 valence electrons. The SMILES string of the molecule is CCCCn1c(COc2ccc(Cl)cc2Cl)nc2cc(S(=O)(=O)N3CCOCC3)ccc21. The Balaban J connectivity index is 1.65. The van der Waals surface area contributed by atoms with Crippen molar-refractivity contribution in [2.75, 3.05) is 26.3 Å². The largest absolute Gasteiger partial charge is 0.484 e. The van der Waals surface area contributed by atoms with Gasteiger partial charge in [0.25, 0.3) is 0 Å². The second-order valence-electron chi connectivity index (χ2n) is 7.56. The fourth-order valence-electron chi connectivity index (χ4n) is 3.67. The zero-order chi connectivity index (χ0) is 22.7. The molecule has 1 aromatic heterocycles. The van der Waals surface area contributed by atoms with Crippen LogP contribution in [0.4, 0.5) is 0 Å². The summed E-state index contributed by atoms with van der Waals surface area (Å²) in [5, 5.41) is 0.958. The normalized spacial score (nSPS) is 15.3. The predicted octanol–water partition coefficient (Wildman–Crippen LogP) is 4.74. The maximum absolute atomic E-state index is 13.1. The molecule has 10 heteroatoms. The third kappa shape index (κ3) is 4.89. The van der Waals surface area contributed by atoms with Gasteiger partial charge in [-0.05, 0) is 42.8 Å². The van der Waals surface area contributed by atoms with Gasteiger partial charge in [0, 0.05) is 24.7 Å². The second kappa shape index (κ2) is 9.97. The average Bonchev–Trinajstić information content (AvgIpc) is 3.14. The van der Waals surface area contributed by atoms with Gasteiger partial charge in [-0.25, -0.2) is 13.4 Å². The van der Waals surface area contributed by atoms with Crippen molar-refractivity contribution < 1.29 is 17.9 Å². The molecule has 4 rings (SSSR count). The lowest BCUT2D eigenvalue weighted by atomic mass is 10.3. The van der Waals surface area contributed by atoms with Gasteiger partial charge in [0.15, 0.2) is 0 Å². The van der Waals surface area contributed by atoms with Crippen molar-refractivity contribution in [2.24, 2.45) is 0 Å². The number of hydrogen-bond donors (Lipinski definition) is 0. The highest BCUT2D eigenvalue weighted by Crippen LogP contribution is 2.29. The highest BCUT2D eigenvalue weighted by molar-refractivity contribution is 7.89. The highest BCUT2D eigenvalue weighted by Gasteiger charge is 2.27. The predicted molar refractivity (Wildman–Crippen MR) is 125 cm³/mol. The summed E-state index contributed by atoms with van der Waals surface area (Å²) in [4.78, 5) is 4.94. The summed E-state index contributed by atoms with van der Waals surface area (Å²) in [5.74, 6) is 1.22. The number of rotatable bonds is 8. The van der Waals surface area contributed by atoms with E-state index in [1.807, 2.05) is 6.07 Å². The fraction of sp³-hybridized carbons (Fsp3) is 0.409. The van der Waals surface area contributed by atoms with Crippen LogP contribution < -0.4 is 4.74 Å². The van der Waals surface area contributed by atoms with Gasteiger partial charge in [0.05, 0.1) is 34.2 Å². The van der Waals surface area contributed by atoms with Gasteiger partial charge in [-0.1, -0.05) is 36.5 Å². The number of nitrogens with zero attached hydrogens (tertiary/aromatic N) is 3. The Labute approximate surface area is 197 Å². The molecule has 3 aromatic rings. The maximum Gasteiger partial charge on any atom is 0.243 e. The molecule has 0 bridgehead atoms. The molecule has 1 saturated heterocycles. The van der Waals surface area contributed by atoms with E-state index >= 15 is 0 Å². The standard InChI is InChI=1S/C22H25Cl2N3O4S/c1-2-3-8-27-20-6-5-17(32(28,29)26-9-11-30-12-10-26)14-19(20)25-22(27)15-31-21-7-4-16(23)13-18(21)24/h4-7,13-14H,2-3,8-12,15H2,1H3. The van der Waals surface area contributed by atoms with Crippen LogP contribution in [-0.4, -0.2) is 48.6 Å². The van der Waals surface area contributed by atoms with Gasteiger partial charge in [-0.3, -0.25) is 0 Å². The van der Waals surface area contributed by atoms with Crippen molar-refractivity contribution in [1.82, 2.24) is 13.9 Å². The molecule has 32 heavy (non-hydrogen) atoms. The van der Waals surface area contributed by atoms with E-state index in [4.69, 9.17) is 37.7 Å². The molecule has 0 aliphatic carbocycles. The van der Waals surface area contributed by atoms with Crippen LogP contribution in [-0.2, 0) is 27.9 Å². The molecule has 2 heterocycles. The molecule has 2 aromatic carbocycles. The van der Waals surface area contributed by atoms with Crippen LogP contribution in [0, 0.1) is 0 Å². The number of unbranched alkanes of at least 4 members (excludes halogenated alkanes) is 1. The highest BCUT2D eigenvalue weighted by atomic mass is 35.5. The van der Waals surface area contributed by atoms with E-state index in [2.05, 4.69) is 11.5 Å². The Morgan fingerprint density at radius 2 is 1.91 bits per heavy atom. The molecule has 7 nitrogen and oxygen atoms in total. The average molecular weight is 498 g/mol. The van der Waals surface area contributed by atoms with Gasteiger partial charge in [-0.15, -0.1) is 0 Å². The minimum Gasteiger partial charge on any atom is -0.484 e. The Morgan fingerprint density at radius 1 is 1.12 bits per heavy atom. The third-order valence-electron chi connectivity index (χ3n) is 5.39. The number of hydrogen-bond acceptors (Lipinski definition) is 5. The Morgan fingerprint density at radius 3 is 2.62 bits per heavy atom. The molecule has 0 saturated carbocycles. The van der Waals surface area contributed by atoms with Crippen LogP contribution in [0.25, 0.3) is 11.0 Å². The molecule has 1 aliphatic rings. The summed E-state index contributed by atoms with van der Waals surface area (Å²) in [6, 6.07) is 10.2. The van der Waals surface area contributed by atoms with Crippen molar-refractivity contribution in [2.45, 2.75) is 37.8 Å². The van der Waals surface area contributed by atoms with E-state index in [9.17, 15) is 8.42 Å². The molecule has 0 amide bonds. The maximum atomic E-state index is 13.1.